The Bertz CT molecular complexity index is 368. The van der Waals surface area contributed by atoms with Gasteiger partial charge in [0.25, 0.3) is 0 Å². The van der Waals surface area contributed by atoms with E-state index in [0.717, 1.165) is 6.42 Å². The first-order chi connectivity index (χ1) is 8.25. The number of hydrazine groups is 1. The van der Waals surface area contributed by atoms with Crippen molar-refractivity contribution in [1.82, 2.24) is 16.2 Å². The van der Waals surface area contributed by atoms with Gasteiger partial charge in [-0.1, -0.05) is 30.3 Å². The lowest BCUT2D eigenvalue weighted by Crippen LogP contribution is -2.44. The maximum Gasteiger partial charge on any atom is 0.238 e. The van der Waals surface area contributed by atoms with E-state index < -0.39 is 0 Å². The third-order valence-electron chi connectivity index (χ3n) is 2.80. The first kappa shape index (κ1) is 12.0. The summed E-state index contributed by atoms with van der Waals surface area (Å²) in [7, 11) is 0. The van der Waals surface area contributed by atoms with Crippen LogP contribution in [-0.2, 0) is 11.2 Å². The van der Waals surface area contributed by atoms with Gasteiger partial charge in [0.2, 0.25) is 5.91 Å². The second-order valence-electron chi connectivity index (χ2n) is 4.21. The van der Waals surface area contributed by atoms with Crippen molar-refractivity contribution < 1.29 is 4.79 Å². The lowest BCUT2D eigenvalue weighted by Gasteiger charge is -2.10. The SMILES string of the molecule is NC1CC(C(=O)NCCc2ccccc2)NN1. The van der Waals surface area contributed by atoms with Gasteiger partial charge in [-0.2, -0.15) is 0 Å². The van der Waals surface area contributed by atoms with Crippen LogP contribution in [0.5, 0.6) is 0 Å². The molecule has 0 aliphatic carbocycles. The minimum atomic E-state index is -0.222. The molecule has 1 aromatic rings. The Morgan fingerprint density at radius 2 is 2.12 bits per heavy atom. The number of benzene rings is 1. The van der Waals surface area contributed by atoms with Crippen LogP contribution in [0.25, 0.3) is 0 Å². The highest BCUT2D eigenvalue weighted by atomic mass is 16.2. The maximum atomic E-state index is 11.7. The molecule has 17 heavy (non-hydrogen) atoms. The van der Waals surface area contributed by atoms with Crippen LogP contribution in [0.1, 0.15) is 12.0 Å². The molecule has 92 valence electrons. The third kappa shape index (κ3) is 3.52. The lowest BCUT2D eigenvalue weighted by atomic mass is 10.1. The van der Waals surface area contributed by atoms with E-state index in [1.165, 1.54) is 5.56 Å². The Morgan fingerprint density at radius 1 is 1.35 bits per heavy atom. The van der Waals surface area contributed by atoms with Gasteiger partial charge in [-0.3, -0.25) is 4.79 Å². The lowest BCUT2D eigenvalue weighted by molar-refractivity contribution is -0.122. The zero-order chi connectivity index (χ0) is 12.1. The van der Waals surface area contributed by atoms with Crippen LogP contribution in [0.4, 0.5) is 0 Å². The second-order valence-corrected chi connectivity index (χ2v) is 4.21. The highest BCUT2D eigenvalue weighted by Gasteiger charge is 2.26. The number of amides is 1. The molecular formula is C12H18N4O. The van der Waals surface area contributed by atoms with Gasteiger partial charge in [0.05, 0.1) is 6.17 Å². The van der Waals surface area contributed by atoms with Crippen LogP contribution in [0.2, 0.25) is 0 Å². The van der Waals surface area contributed by atoms with E-state index >= 15 is 0 Å². The molecule has 1 fully saturated rings. The standard InChI is InChI=1S/C12H18N4O/c13-11-8-10(15-16-11)12(17)14-7-6-9-4-2-1-3-5-9/h1-5,10-11,15-16H,6-8,13H2,(H,14,17). The van der Waals surface area contributed by atoms with Crippen molar-refractivity contribution in [3.8, 4) is 0 Å². The van der Waals surface area contributed by atoms with Crippen molar-refractivity contribution in [1.29, 1.82) is 0 Å². The first-order valence-corrected chi connectivity index (χ1v) is 5.84. The molecule has 2 rings (SSSR count). The zero-order valence-electron chi connectivity index (χ0n) is 9.65. The molecule has 5 nitrogen and oxygen atoms in total. The number of rotatable bonds is 4. The molecule has 0 saturated carbocycles. The number of nitrogens with two attached hydrogens (primary N) is 1. The van der Waals surface area contributed by atoms with Crippen LogP contribution in [0.3, 0.4) is 0 Å². The number of hydrogen-bond donors (Lipinski definition) is 4. The molecule has 1 aliphatic heterocycles. The summed E-state index contributed by atoms with van der Waals surface area (Å²) in [5.41, 5.74) is 12.5. The maximum absolute atomic E-state index is 11.7. The molecule has 1 saturated heterocycles. The van der Waals surface area contributed by atoms with Crippen molar-refractivity contribution >= 4 is 5.91 Å². The Kier molecular flexibility index (Phi) is 4.08. The van der Waals surface area contributed by atoms with Crippen LogP contribution >= 0.6 is 0 Å². The van der Waals surface area contributed by atoms with Crippen molar-refractivity contribution in [2.24, 2.45) is 5.73 Å². The number of hydrogen-bond acceptors (Lipinski definition) is 4. The van der Waals surface area contributed by atoms with E-state index in [-0.39, 0.29) is 18.1 Å². The largest absolute Gasteiger partial charge is 0.354 e. The Morgan fingerprint density at radius 3 is 2.76 bits per heavy atom. The summed E-state index contributed by atoms with van der Waals surface area (Å²) < 4.78 is 0. The molecule has 1 heterocycles. The van der Waals surface area contributed by atoms with Gasteiger partial charge in [-0.25, -0.2) is 10.9 Å². The topological polar surface area (TPSA) is 79.2 Å². The van der Waals surface area contributed by atoms with E-state index in [0.29, 0.717) is 13.0 Å². The van der Waals surface area contributed by atoms with Gasteiger partial charge in [0, 0.05) is 13.0 Å². The average molecular weight is 234 g/mol. The van der Waals surface area contributed by atoms with Crippen molar-refractivity contribution in [2.45, 2.75) is 25.0 Å². The Labute approximate surface area is 101 Å². The van der Waals surface area contributed by atoms with Gasteiger partial charge in [-0.15, -0.1) is 0 Å². The molecule has 0 spiro atoms. The van der Waals surface area contributed by atoms with E-state index in [9.17, 15) is 4.79 Å². The molecule has 1 aliphatic rings. The number of carbonyl (C=O) groups is 1. The average Bonchev–Trinajstić information content (AvgIpc) is 2.77. The minimum Gasteiger partial charge on any atom is -0.354 e. The minimum absolute atomic E-state index is 0.00128. The van der Waals surface area contributed by atoms with E-state index in [1.54, 1.807) is 0 Å². The van der Waals surface area contributed by atoms with Crippen LogP contribution in [0.15, 0.2) is 30.3 Å². The van der Waals surface area contributed by atoms with Gasteiger partial charge in [0.15, 0.2) is 0 Å². The van der Waals surface area contributed by atoms with Gasteiger partial charge < -0.3 is 11.1 Å². The molecule has 2 atom stereocenters. The molecule has 5 heteroatoms. The summed E-state index contributed by atoms with van der Waals surface area (Å²) >= 11 is 0. The quantitative estimate of drug-likeness (QED) is 0.566. The summed E-state index contributed by atoms with van der Waals surface area (Å²) in [6.45, 7) is 0.649. The number of nitrogens with one attached hydrogen (secondary N) is 3. The second kappa shape index (κ2) is 5.77. The highest BCUT2D eigenvalue weighted by Crippen LogP contribution is 2.01. The summed E-state index contributed by atoms with van der Waals surface area (Å²) in [6.07, 6.45) is 1.33. The van der Waals surface area contributed by atoms with E-state index in [1.807, 2.05) is 18.2 Å². The van der Waals surface area contributed by atoms with E-state index in [4.69, 9.17) is 5.73 Å². The summed E-state index contributed by atoms with van der Waals surface area (Å²) in [4.78, 5) is 11.7. The fourth-order valence-corrected chi connectivity index (χ4v) is 1.85. The highest BCUT2D eigenvalue weighted by molar-refractivity contribution is 5.82. The monoisotopic (exact) mass is 234 g/mol. The molecule has 5 N–H and O–H groups in total. The number of carbonyl (C=O) groups excluding carboxylic acids is 1. The normalized spacial score (nSPS) is 23.6. The molecule has 1 amide bonds. The van der Waals surface area contributed by atoms with Crippen molar-refractivity contribution in [3.05, 3.63) is 35.9 Å². The van der Waals surface area contributed by atoms with Crippen LogP contribution in [0, 0.1) is 0 Å². The molecule has 0 aromatic heterocycles. The third-order valence-corrected chi connectivity index (χ3v) is 2.80. The smallest absolute Gasteiger partial charge is 0.238 e. The molecule has 2 unspecified atom stereocenters. The van der Waals surface area contributed by atoms with Crippen molar-refractivity contribution in [3.63, 3.8) is 0 Å². The predicted octanol–water partition coefficient (Wildman–Crippen LogP) is -0.503. The molecule has 0 radical (unpaired) electrons. The first-order valence-electron chi connectivity index (χ1n) is 5.84. The Balaban J connectivity index is 1.70. The van der Waals surface area contributed by atoms with Crippen molar-refractivity contribution in [2.75, 3.05) is 6.54 Å². The molecule has 0 bridgehead atoms. The summed E-state index contributed by atoms with van der Waals surface area (Å²) in [6, 6.07) is 9.87. The zero-order valence-corrected chi connectivity index (χ0v) is 9.65. The van der Waals surface area contributed by atoms with Crippen LogP contribution < -0.4 is 21.9 Å². The van der Waals surface area contributed by atoms with Gasteiger partial charge >= 0.3 is 0 Å². The van der Waals surface area contributed by atoms with Gasteiger partial charge in [0.1, 0.15) is 6.04 Å². The predicted molar refractivity (Wildman–Crippen MR) is 65.8 cm³/mol. The summed E-state index contributed by atoms with van der Waals surface area (Å²) in [5, 5.41) is 2.90. The van der Waals surface area contributed by atoms with Crippen LogP contribution in [-0.4, -0.2) is 24.7 Å². The molecule has 1 aromatic carbocycles. The Hall–Kier alpha value is -1.43. The fourth-order valence-electron chi connectivity index (χ4n) is 1.85. The summed E-state index contributed by atoms with van der Waals surface area (Å²) in [5.74, 6) is 0.00128. The fraction of sp³-hybridized carbons (Fsp3) is 0.417. The van der Waals surface area contributed by atoms with E-state index in [2.05, 4.69) is 28.3 Å². The molecular weight excluding hydrogens is 216 g/mol. The van der Waals surface area contributed by atoms with Gasteiger partial charge in [-0.05, 0) is 12.0 Å².